The van der Waals surface area contributed by atoms with E-state index in [4.69, 9.17) is 5.11 Å². The predicted molar refractivity (Wildman–Crippen MR) is 35.5 cm³/mol. The lowest BCUT2D eigenvalue weighted by Gasteiger charge is -1.93. The summed E-state index contributed by atoms with van der Waals surface area (Å²) in [4.78, 5) is 10.2. The molecule has 0 radical (unpaired) electrons. The zero-order valence-electron chi connectivity index (χ0n) is 5.56. The Bertz CT molecular complexity index is 168. The van der Waals surface area contributed by atoms with Gasteiger partial charge in [-0.2, -0.15) is 0 Å². The van der Waals surface area contributed by atoms with E-state index in [-0.39, 0.29) is 18.4 Å². The molecule has 0 aromatic heterocycles. The van der Waals surface area contributed by atoms with Gasteiger partial charge in [-0.05, 0) is 12.8 Å². The van der Waals surface area contributed by atoms with E-state index < -0.39 is 12.6 Å². The Balaban J connectivity index is 3.87. The summed E-state index contributed by atoms with van der Waals surface area (Å²) < 4.78 is 11.5. The monoisotopic (exact) mass is 144 g/mol. The predicted octanol–water partition coefficient (Wildman–Crippen LogP) is 1.53. The van der Waals surface area contributed by atoms with Gasteiger partial charge in [-0.25, -0.2) is 4.79 Å². The maximum atomic E-state index is 11.5. The Morgan fingerprint density at radius 2 is 2.30 bits per heavy atom. The van der Waals surface area contributed by atoms with Crippen molar-refractivity contribution >= 4 is 5.97 Å². The van der Waals surface area contributed by atoms with Gasteiger partial charge < -0.3 is 5.11 Å². The molecular formula is C7H9FO2. The first-order chi connectivity index (χ1) is 4.72. The maximum Gasteiger partial charge on any atom is 0.339 e. The van der Waals surface area contributed by atoms with Crippen molar-refractivity contribution in [1.29, 1.82) is 0 Å². The second kappa shape index (κ2) is 4.77. The number of rotatable bonds is 4. The van der Waals surface area contributed by atoms with E-state index in [9.17, 15) is 9.18 Å². The van der Waals surface area contributed by atoms with Crippen LogP contribution in [0.2, 0.25) is 0 Å². The molecule has 0 amide bonds. The van der Waals surface area contributed by atoms with Crippen LogP contribution < -0.4 is 0 Å². The first-order valence-electron chi connectivity index (χ1n) is 2.90. The fourth-order valence-corrected chi connectivity index (χ4v) is 0.515. The Morgan fingerprint density at radius 1 is 1.70 bits per heavy atom. The van der Waals surface area contributed by atoms with Gasteiger partial charge in [-0.1, -0.05) is 6.58 Å². The van der Waals surface area contributed by atoms with Crippen LogP contribution in [0.15, 0.2) is 17.9 Å². The van der Waals surface area contributed by atoms with E-state index in [1.165, 1.54) is 0 Å². The average molecular weight is 144 g/mol. The molecule has 0 spiro atoms. The van der Waals surface area contributed by atoms with Crippen molar-refractivity contribution in [2.75, 3.05) is 6.67 Å². The minimum absolute atomic E-state index is 0.0534. The molecule has 10 heavy (non-hydrogen) atoms. The fraction of sp³-hybridized carbons (Fsp3) is 0.429. The Morgan fingerprint density at radius 3 is 2.60 bits per heavy atom. The summed E-state index contributed by atoms with van der Waals surface area (Å²) in [7, 11) is 0. The maximum absolute atomic E-state index is 11.5. The summed E-state index contributed by atoms with van der Waals surface area (Å²) in [6.07, 6.45) is 0.430. The van der Waals surface area contributed by atoms with Crippen LogP contribution in [0, 0.1) is 0 Å². The SMILES string of the molecule is C=C=C(CCCF)C(=O)O. The van der Waals surface area contributed by atoms with Crippen molar-refractivity contribution in [3.05, 3.63) is 17.9 Å². The quantitative estimate of drug-likeness (QED) is 0.480. The molecular weight excluding hydrogens is 135 g/mol. The number of carboxylic acid groups (broad SMARTS) is 1. The molecule has 0 rings (SSSR count). The van der Waals surface area contributed by atoms with E-state index in [2.05, 4.69) is 12.3 Å². The summed E-state index contributed by atoms with van der Waals surface area (Å²) in [5, 5.41) is 8.34. The lowest BCUT2D eigenvalue weighted by molar-refractivity contribution is -0.132. The van der Waals surface area contributed by atoms with Crippen LogP contribution in [0.1, 0.15) is 12.8 Å². The van der Waals surface area contributed by atoms with Gasteiger partial charge in [-0.3, -0.25) is 4.39 Å². The molecule has 0 unspecified atom stereocenters. The van der Waals surface area contributed by atoms with Crippen LogP contribution >= 0.6 is 0 Å². The first-order valence-corrected chi connectivity index (χ1v) is 2.90. The molecule has 0 saturated carbocycles. The van der Waals surface area contributed by atoms with E-state index in [1.807, 2.05) is 0 Å². The van der Waals surface area contributed by atoms with Crippen LogP contribution in [-0.4, -0.2) is 17.8 Å². The van der Waals surface area contributed by atoms with Crippen molar-refractivity contribution in [3.63, 3.8) is 0 Å². The number of carbonyl (C=O) groups is 1. The summed E-state index contributed by atoms with van der Waals surface area (Å²) in [5.41, 5.74) is 2.29. The number of hydrogen-bond donors (Lipinski definition) is 1. The molecule has 2 nitrogen and oxygen atoms in total. The molecule has 0 saturated heterocycles. The highest BCUT2D eigenvalue weighted by Crippen LogP contribution is 2.02. The summed E-state index contributed by atoms with van der Waals surface area (Å²) in [6, 6.07) is 0. The van der Waals surface area contributed by atoms with Crippen LogP contribution in [0.3, 0.4) is 0 Å². The van der Waals surface area contributed by atoms with Crippen molar-refractivity contribution in [3.8, 4) is 0 Å². The van der Waals surface area contributed by atoms with Crippen LogP contribution in [0.25, 0.3) is 0 Å². The number of halogens is 1. The Kier molecular flexibility index (Phi) is 4.25. The van der Waals surface area contributed by atoms with Crippen LogP contribution in [0.4, 0.5) is 4.39 Å². The average Bonchev–Trinajstić information content (AvgIpc) is 1.89. The minimum atomic E-state index is -1.07. The molecule has 0 aliphatic heterocycles. The van der Waals surface area contributed by atoms with Crippen molar-refractivity contribution in [1.82, 2.24) is 0 Å². The zero-order chi connectivity index (χ0) is 7.98. The van der Waals surface area contributed by atoms with E-state index in [0.29, 0.717) is 0 Å². The topological polar surface area (TPSA) is 37.3 Å². The smallest absolute Gasteiger partial charge is 0.339 e. The number of carboxylic acids is 1. The molecule has 3 heteroatoms. The highest BCUT2D eigenvalue weighted by atomic mass is 19.1. The summed E-state index contributed by atoms with van der Waals surface area (Å²) >= 11 is 0. The van der Waals surface area contributed by atoms with E-state index >= 15 is 0 Å². The molecule has 0 atom stereocenters. The van der Waals surface area contributed by atoms with Gasteiger partial charge in [0.05, 0.1) is 12.2 Å². The number of alkyl halides is 1. The van der Waals surface area contributed by atoms with E-state index in [0.717, 1.165) is 0 Å². The van der Waals surface area contributed by atoms with Gasteiger partial charge in [0, 0.05) is 0 Å². The molecule has 0 heterocycles. The second-order valence-corrected chi connectivity index (χ2v) is 1.75. The molecule has 0 fully saturated rings. The molecule has 0 aliphatic carbocycles. The van der Waals surface area contributed by atoms with Gasteiger partial charge in [0.1, 0.15) is 0 Å². The molecule has 56 valence electrons. The third-order valence-corrected chi connectivity index (χ3v) is 1.03. The van der Waals surface area contributed by atoms with E-state index in [1.54, 1.807) is 0 Å². The molecule has 1 N–H and O–H groups in total. The normalized spacial score (nSPS) is 8.50. The number of aliphatic carboxylic acids is 1. The van der Waals surface area contributed by atoms with Gasteiger partial charge in [0.2, 0.25) is 0 Å². The summed E-state index contributed by atoms with van der Waals surface area (Å²) in [6.45, 7) is 2.67. The van der Waals surface area contributed by atoms with Gasteiger partial charge in [-0.15, -0.1) is 5.73 Å². The van der Waals surface area contributed by atoms with Crippen molar-refractivity contribution < 1.29 is 14.3 Å². The van der Waals surface area contributed by atoms with Crippen LogP contribution in [-0.2, 0) is 4.79 Å². The Hall–Kier alpha value is -1.08. The zero-order valence-corrected chi connectivity index (χ0v) is 5.56. The lowest BCUT2D eigenvalue weighted by Crippen LogP contribution is -1.99. The largest absolute Gasteiger partial charge is 0.477 e. The van der Waals surface area contributed by atoms with Gasteiger partial charge >= 0.3 is 5.97 Å². The Labute approximate surface area is 58.7 Å². The molecule has 0 aliphatic rings. The highest BCUT2D eigenvalue weighted by Gasteiger charge is 2.03. The lowest BCUT2D eigenvalue weighted by atomic mass is 10.2. The van der Waals surface area contributed by atoms with Gasteiger partial charge in [0.15, 0.2) is 0 Å². The third kappa shape index (κ3) is 3.05. The van der Waals surface area contributed by atoms with Crippen molar-refractivity contribution in [2.45, 2.75) is 12.8 Å². The molecule has 0 bridgehead atoms. The summed E-state index contributed by atoms with van der Waals surface area (Å²) in [5.74, 6) is -1.07. The second-order valence-electron chi connectivity index (χ2n) is 1.75. The minimum Gasteiger partial charge on any atom is -0.477 e. The first kappa shape index (κ1) is 8.92. The van der Waals surface area contributed by atoms with Crippen LogP contribution in [0.5, 0.6) is 0 Å². The molecule has 0 aromatic carbocycles. The highest BCUT2D eigenvalue weighted by molar-refractivity contribution is 5.86. The fourth-order valence-electron chi connectivity index (χ4n) is 0.515. The molecule has 0 aromatic rings. The van der Waals surface area contributed by atoms with Gasteiger partial charge in [0.25, 0.3) is 0 Å². The van der Waals surface area contributed by atoms with Crippen molar-refractivity contribution in [2.24, 2.45) is 0 Å². The standard InChI is InChI=1S/C7H9FO2/c1-2-6(7(9)10)4-3-5-8/h1,3-5H2,(H,9,10). The number of hydrogen-bond acceptors (Lipinski definition) is 1. The third-order valence-electron chi connectivity index (χ3n) is 1.03.